The van der Waals surface area contributed by atoms with Crippen LogP contribution in [0.4, 0.5) is 4.39 Å². The second-order valence-electron chi connectivity index (χ2n) is 4.15. The van der Waals surface area contributed by atoms with Gasteiger partial charge in [-0.05, 0) is 42.7 Å². The highest BCUT2D eigenvalue weighted by Gasteiger charge is 2.11. The second-order valence-corrected chi connectivity index (χ2v) is 4.15. The van der Waals surface area contributed by atoms with Crippen LogP contribution in [0.25, 0.3) is 0 Å². The van der Waals surface area contributed by atoms with Crippen LogP contribution in [0, 0.1) is 12.7 Å². The van der Waals surface area contributed by atoms with Crippen molar-refractivity contribution in [3.8, 4) is 0 Å². The second kappa shape index (κ2) is 5.06. The molecule has 1 aromatic heterocycles. The number of nitrogens with two attached hydrogens (primary N) is 1. The Balaban J connectivity index is 2.17. The van der Waals surface area contributed by atoms with Crippen molar-refractivity contribution >= 4 is 0 Å². The highest BCUT2D eigenvalue weighted by Crippen LogP contribution is 2.17. The molecule has 0 aliphatic carbocycles. The van der Waals surface area contributed by atoms with Crippen molar-refractivity contribution in [3.63, 3.8) is 0 Å². The largest absolute Gasteiger partial charge is 0.322 e. The first-order chi connectivity index (χ1) is 8.16. The summed E-state index contributed by atoms with van der Waals surface area (Å²) in [6, 6.07) is 10.2. The lowest BCUT2D eigenvalue weighted by Gasteiger charge is -2.13. The average Bonchev–Trinajstić information content (AvgIpc) is 2.29. The minimum Gasteiger partial charge on any atom is -0.322 e. The van der Waals surface area contributed by atoms with Gasteiger partial charge in [-0.3, -0.25) is 4.98 Å². The van der Waals surface area contributed by atoms with E-state index in [1.807, 2.05) is 25.1 Å². The maximum atomic E-state index is 13.0. The van der Waals surface area contributed by atoms with E-state index in [1.54, 1.807) is 12.3 Å². The third kappa shape index (κ3) is 2.88. The number of aromatic nitrogens is 1. The number of hydrogen-bond acceptors (Lipinski definition) is 2. The molecule has 0 radical (unpaired) electrons. The first kappa shape index (κ1) is 11.7. The first-order valence-corrected chi connectivity index (χ1v) is 5.58. The molecule has 2 nitrogen and oxygen atoms in total. The molecule has 17 heavy (non-hydrogen) atoms. The predicted molar refractivity (Wildman–Crippen MR) is 66.0 cm³/mol. The van der Waals surface area contributed by atoms with Crippen molar-refractivity contribution in [3.05, 3.63) is 65.2 Å². The summed E-state index contributed by atoms with van der Waals surface area (Å²) in [7, 11) is 0. The van der Waals surface area contributed by atoms with Crippen molar-refractivity contribution in [2.75, 3.05) is 0 Å². The van der Waals surface area contributed by atoms with E-state index in [0.29, 0.717) is 6.42 Å². The number of halogens is 1. The molecule has 0 fully saturated rings. The Hall–Kier alpha value is -1.74. The lowest BCUT2D eigenvalue weighted by molar-refractivity contribution is 0.620. The number of pyridine rings is 1. The maximum Gasteiger partial charge on any atom is 0.123 e. The van der Waals surface area contributed by atoms with E-state index in [1.165, 1.54) is 12.1 Å². The highest BCUT2D eigenvalue weighted by molar-refractivity contribution is 5.24. The van der Waals surface area contributed by atoms with Gasteiger partial charge in [-0.1, -0.05) is 18.2 Å². The van der Waals surface area contributed by atoms with Crippen molar-refractivity contribution in [2.24, 2.45) is 5.73 Å². The van der Waals surface area contributed by atoms with Gasteiger partial charge in [-0.25, -0.2) is 4.39 Å². The quantitative estimate of drug-likeness (QED) is 0.880. The van der Waals surface area contributed by atoms with E-state index in [-0.39, 0.29) is 11.9 Å². The molecule has 2 rings (SSSR count). The molecular formula is C14H15FN2. The molecule has 0 saturated heterocycles. The van der Waals surface area contributed by atoms with Crippen molar-refractivity contribution < 1.29 is 4.39 Å². The van der Waals surface area contributed by atoms with E-state index in [2.05, 4.69) is 4.98 Å². The van der Waals surface area contributed by atoms with Gasteiger partial charge in [0.25, 0.3) is 0 Å². The van der Waals surface area contributed by atoms with Crippen molar-refractivity contribution in [1.29, 1.82) is 0 Å². The summed E-state index contributed by atoms with van der Waals surface area (Å²) >= 11 is 0. The molecule has 3 heteroatoms. The molecule has 2 aromatic rings. The third-order valence-electron chi connectivity index (χ3n) is 2.75. The summed E-state index contributed by atoms with van der Waals surface area (Å²) < 4.78 is 13.0. The van der Waals surface area contributed by atoms with Gasteiger partial charge < -0.3 is 5.73 Å². The Bertz CT molecular complexity index is 511. The summed E-state index contributed by atoms with van der Waals surface area (Å²) in [4.78, 5) is 4.28. The highest BCUT2D eigenvalue weighted by atomic mass is 19.1. The van der Waals surface area contributed by atoms with Crippen LogP contribution in [-0.4, -0.2) is 4.98 Å². The molecule has 1 atom stereocenters. The van der Waals surface area contributed by atoms with Gasteiger partial charge in [0.2, 0.25) is 0 Å². The first-order valence-electron chi connectivity index (χ1n) is 5.58. The molecule has 1 unspecified atom stereocenters. The topological polar surface area (TPSA) is 38.9 Å². The molecule has 1 aromatic carbocycles. The van der Waals surface area contributed by atoms with Gasteiger partial charge in [-0.2, -0.15) is 0 Å². The van der Waals surface area contributed by atoms with E-state index in [4.69, 9.17) is 5.73 Å². The van der Waals surface area contributed by atoms with Crippen LogP contribution in [0.3, 0.4) is 0 Å². The zero-order chi connectivity index (χ0) is 12.3. The number of hydrogen-bond donors (Lipinski definition) is 1. The predicted octanol–water partition coefficient (Wildman–Crippen LogP) is 2.77. The Morgan fingerprint density at radius 1 is 1.29 bits per heavy atom. The molecule has 0 bridgehead atoms. The Morgan fingerprint density at radius 3 is 2.82 bits per heavy atom. The smallest absolute Gasteiger partial charge is 0.123 e. The Kier molecular flexibility index (Phi) is 3.49. The average molecular weight is 230 g/mol. The molecule has 2 N–H and O–H groups in total. The minimum atomic E-state index is -0.229. The monoisotopic (exact) mass is 230 g/mol. The Labute approximate surface area is 100 Å². The van der Waals surface area contributed by atoms with E-state index >= 15 is 0 Å². The molecule has 0 saturated carbocycles. The van der Waals surface area contributed by atoms with Gasteiger partial charge in [0.1, 0.15) is 5.82 Å². The van der Waals surface area contributed by atoms with Crippen LogP contribution in [0.1, 0.15) is 22.9 Å². The molecule has 1 heterocycles. The minimum absolute atomic E-state index is 0.196. The van der Waals surface area contributed by atoms with Crippen LogP contribution >= 0.6 is 0 Å². The maximum absolute atomic E-state index is 13.0. The van der Waals surface area contributed by atoms with Gasteiger partial charge in [0.15, 0.2) is 0 Å². The normalized spacial score (nSPS) is 12.4. The summed E-state index contributed by atoms with van der Waals surface area (Å²) in [6.45, 7) is 1.98. The van der Waals surface area contributed by atoms with E-state index in [0.717, 1.165) is 16.8 Å². The van der Waals surface area contributed by atoms with Crippen LogP contribution in [-0.2, 0) is 6.42 Å². The number of rotatable bonds is 3. The fraction of sp³-hybridized carbons (Fsp3) is 0.214. The fourth-order valence-corrected chi connectivity index (χ4v) is 1.90. The van der Waals surface area contributed by atoms with Gasteiger partial charge in [-0.15, -0.1) is 0 Å². The summed E-state index contributed by atoms with van der Waals surface area (Å²) in [5.74, 6) is -0.229. The SMILES string of the molecule is Cc1cccnc1C(N)Cc1cccc(F)c1. The number of aryl methyl sites for hydroxylation is 1. The summed E-state index contributed by atoms with van der Waals surface area (Å²) in [5, 5.41) is 0. The lowest BCUT2D eigenvalue weighted by atomic mass is 10.0. The lowest BCUT2D eigenvalue weighted by Crippen LogP contribution is -2.16. The molecule has 0 aliphatic heterocycles. The van der Waals surface area contributed by atoms with Gasteiger partial charge in [0.05, 0.1) is 11.7 Å². The molecule has 0 spiro atoms. The van der Waals surface area contributed by atoms with Crippen molar-refractivity contribution in [1.82, 2.24) is 4.98 Å². The molecule has 88 valence electrons. The van der Waals surface area contributed by atoms with Gasteiger partial charge >= 0.3 is 0 Å². The standard InChI is InChI=1S/C14H15FN2/c1-10-4-3-7-17-14(10)13(16)9-11-5-2-6-12(15)8-11/h2-8,13H,9,16H2,1H3. The zero-order valence-corrected chi connectivity index (χ0v) is 9.73. The molecular weight excluding hydrogens is 215 g/mol. The van der Waals surface area contributed by atoms with Crippen LogP contribution in [0.5, 0.6) is 0 Å². The van der Waals surface area contributed by atoms with E-state index in [9.17, 15) is 4.39 Å². The van der Waals surface area contributed by atoms with Crippen LogP contribution < -0.4 is 5.73 Å². The summed E-state index contributed by atoms with van der Waals surface area (Å²) in [6.07, 6.45) is 2.32. The Morgan fingerprint density at radius 2 is 2.12 bits per heavy atom. The third-order valence-corrected chi connectivity index (χ3v) is 2.75. The van der Waals surface area contributed by atoms with Crippen molar-refractivity contribution in [2.45, 2.75) is 19.4 Å². The van der Waals surface area contributed by atoms with Crippen LogP contribution in [0.2, 0.25) is 0 Å². The van der Waals surface area contributed by atoms with Gasteiger partial charge in [0, 0.05) is 6.20 Å². The van der Waals surface area contributed by atoms with E-state index < -0.39 is 0 Å². The zero-order valence-electron chi connectivity index (χ0n) is 9.73. The number of nitrogens with zero attached hydrogens (tertiary/aromatic N) is 1. The molecule has 0 aliphatic rings. The molecule has 0 amide bonds. The summed E-state index contributed by atoms with van der Waals surface area (Å²) in [5.41, 5.74) is 8.92. The fourth-order valence-electron chi connectivity index (χ4n) is 1.90. The van der Waals surface area contributed by atoms with Crippen LogP contribution in [0.15, 0.2) is 42.6 Å². The number of benzene rings is 1.